The van der Waals surface area contributed by atoms with Crippen molar-refractivity contribution in [2.75, 3.05) is 19.6 Å². The number of carbonyl (C=O) groups is 1. The van der Waals surface area contributed by atoms with E-state index in [0.717, 1.165) is 45.2 Å². The van der Waals surface area contributed by atoms with E-state index in [0.29, 0.717) is 24.8 Å². The van der Waals surface area contributed by atoms with Crippen molar-refractivity contribution in [1.29, 1.82) is 0 Å². The maximum atomic E-state index is 13.1. The Balaban J connectivity index is 1.68. The molecule has 0 radical (unpaired) electrons. The molecule has 112 valence electrons. The van der Waals surface area contributed by atoms with Gasteiger partial charge in [-0.15, -0.1) is 0 Å². The maximum absolute atomic E-state index is 13.1. The van der Waals surface area contributed by atoms with Gasteiger partial charge in [-0.1, -0.05) is 0 Å². The number of rotatable bonds is 0. The van der Waals surface area contributed by atoms with E-state index in [-0.39, 0.29) is 22.6 Å². The normalized spacial score (nSPS) is 51.4. The first kappa shape index (κ1) is 13.0. The first-order valence-corrected chi connectivity index (χ1v) is 8.16. The number of aliphatic hydroxyl groups excluding tert-OH is 1. The van der Waals surface area contributed by atoms with E-state index in [4.69, 9.17) is 0 Å². The summed E-state index contributed by atoms with van der Waals surface area (Å²) in [6.45, 7) is 2.27. The summed E-state index contributed by atoms with van der Waals surface area (Å²) < 4.78 is 0.0103. The van der Waals surface area contributed by atoms with Gasteiger partial charge in [0, 0.05) is 24.4 Å². The average molecular weight is 280 g/mol. The molecule has 0 spiro atoms. The fraction of sp³-hybridized carbons (Fsp3) is 0.933. The zero-order chi connectivity index (χ0) is 13.9. The highest BCUT2D eigenvalue weighted by atomic mass is 16.5. The van der Waals surface area contributed by atoms with E-state index >= 15 is 0 Å². The molecule has 5 heteroatoms. The molecule has 1 N–H and O–H groups in total. The molecule has 2 unspecified atom stereocenters. The molecule has 0 aromatic carbocycles. The number of fused-ring (bicyclic) bond motifs is 2. The molecular weight excluding hydrogens is 256 g/mol. The minimum absolute atomic E-state index is 0.0103. The summed E-state index contributed by atoms with van der Waals surface area (Å²) in [5.41, 5.74) is 0. The highest BCUT2D eigenvalue weighted by Crippen LogP contribution is 2.47. The zero-order valence-corrected chi connectivity index (χ0v) is 11.9. The van der Waals surface area contributed by atoms with Crippen LogP contribution in [0.2, 0.25) is 0 Å². The van der Waals surface area contributed by atoms with Gasteiger partial charge in [0.05, 0.1) is 19.1 Å². The molecule has 4 aliphatic rings. The third-order valence-electron chi connectivity index (χ3n) is 6.28. The van der Waals surface area contributed by atoms with E-state index in [9.17, 15) is 15.1 Å². The number of piperidine rings is 4. The topological polar surface area (TPSA) is 63.6 Å². The van der Waals surface area contributed by atoms with Crippen LogP contribution in [0.1, 0.15) is 38.5 Å². The van der Waals surface area contributed by atoms with Crippen LogP contribution in [0.4, 0.5) is 0 Å². The van der Waals surface area contributed by atoms with Gasteiger partial charge in [-0.05, 0) is 38.5 Å². The average Bonchev–Trinajstić information content (AvgIpc) is 2.43. The molecule has 1 amide bonds. The van der Waals surface area contributed by atoms with Crippen LogP contribution in [0.15, 0.2) is 0 Å². The Labute approximate surface area is 119 Å². The van der Waals surface area contributed by atoms with Crippen LogP contribution < -0.4 is 0 Å². The summed E-state index contributed by atoms with van der Waals surface area (Å²) in [7, 11) is 0. The van der Waals surface area contributed by atoms with Crippen LogP contribution in [0, 0.1) is 17.0 Å². The SMILES string of the molecule is O=C1C(O)CC[C@@H]2[C@H]3CCC[N+]4([O-])CCC[C@@H](CN12)[C@@H]34. The van der Waals surface area contributed by atoms with E-state index in [2.05, 4.69) is 0 Å². The molecule has 20 heavy (non-hydrogen) atoms. The van der Waals surface area contributed by atoms with Gasteiger partial charge in [-0.2, -0.15) is 0 Å². The van der Waals surface area contributed by atoms with Crippen molar-refractivity contribution in [1.82, 2.24) is 4.90 Å². The van der Waals surface area contributed by atoms with Crippen LogP contribution in [-0.4, -0.2) is 58.4 Å². The minimum atomic E-state index is -0.804. The molecule has 0 bridgehead atoms. The lowest BCUT2D eigenvalue weighted by Crippen LogP contribution is -2.72. The minimum Gasteiger partial charge on any atom is -0.633 e. The van der Waals surface area contributed by atoms with Crippen LogP contribution in [0.5, 0.6) is 0 Å². The largest absolute Gasteiger partial charge is 0.633 e. The van der Waals surface area contributed by atoms with Crippen LogP contribution in [0.3, 0.4) is 0 Å². The molecule has 6 atom stereocenters. The second kappa shape index (κ2) is 4.42. The monoisotopic (exact) mass is 280 g/mol. The number of nitrogens with zero attached hydrogens (tertiary/aromatic N) is 2. The van der Waals surface area contributed by atoms with Crippen LogP contribution in [0.25, 0.3) is 0 Å². The lowest BCUT2D eigenvalue weighted by Gasteiger charge is -2.64. The number of aliphatic hydroxyl groups is 1. The van der Waals surface area contributed by atoms with Gasteiger partial charge in [0.1, 0.15) is 6.10 Å². The Morgan fingerprint density at radius 2 is 1.90 bits per heavy atom. The molecule has 4 saturated heterocycles. The Bertz CT molecular complexity index is 425. The Morgan fingerprint density at radius 3 is 2.70 bits per heavy atom. The molecule has 0 saturated carbocycles. The van der Waals surface area contributed by atoms with Crippen LogP contribution in [-0.2, 0) is 4.79 Å². The number of hydrogen-bond donors (Lipinski definition) is 1. The van der Waals surface area contributed by atoms with Gasteiger partial charge in [0.2, 0.25) is 0 Å². The summed E-state index contributed by atoms with van der Waals surface area (Å²) in [5, 5.41) is 23.0. The zero-order valence-electron chi connectivity index (χ0n) is 11.9. The molecular formula is C15H24N2O3. The molecule has 5 nitrogen and oxygen atoms in total. The van der Waals surface area contributed by atoms with Gasteiger partial charge < -0.3 is 19.9 Å². The van der Waals surface area contributed by atoms with Crippen molar-refractivity contribution in [3.8, 4) is 0 Å². The Hall–Kier alpha value is -0.650. The predicted molar refractivity (Wildman–Crippen MR) is 73.3 cm³/mol. The third kappa shape index (κ3) is 1.69. The highest BCUT2D eigenvalue weighted by molar-refractivity contribution is 5.82. The molecule has 0 aliphatic carbocycles. The predicted octanol–water partition coefficient (Wildman–Crippen LogP) is 0.855. The first-order valence-electron chi connectivity index (χ1n) is 8.16. The Kier molecular flexibility index (Phi) is 2.88. The van der Waals surface area contributed by atoms with Crippen molar-refractivity contribution >= 4 is 5.91 Å². The smallest absolute Gasteiger partial charge is 0.251 e. The van der Waals surface area contributed by atoms with E-state index in [1.165, 1.54) is 0 Å². The first-order chi connectivity index (χ1) is 9.60. The second-order valence-corrected chi connectivity index (χ2v) is 7.25. The standard InChI is InChI=1S/C15H24N2O3/c18-13-6-5-12-11-4-2-8-17(20)7-1-3-10(14(11)17)9-16(12)15(13)19/h10-14,18H,1-9H2/t10-,11+,12+,13?,14-,17?/m0/s1. The van der Waals surface area contributed by atoms with Gasteiger partial charge >= 0.3 is 0 Å². The van der Waals surface area contributed by atoms with Gasteiger partial charge in [-0.3, -0.25) is 4.79 Å². The van der Waals surface area contributed by atoms with Gasteiger partial charge in [-0.25, -0.2) is 0 Å². The summed E-state index contributed by atoms with van der Waals surface area (Å²) >= 11 is 0. The van der Waals surface area contributed by atoms with E-state index in [1.807, 2.05) is 4.90 Å². The number of quaternary nitrogens is 1. The number of hydroxylamine groups is 3. The summed E-state index contributed by atoms with van der Waals surface area (Å²) in [6, 6.07) is 0.443. The molecule has 0 aromatic heterocycles. The fourth-order valence-corrected chi connectivity index (χ4v) is 5.56. The number of carbonyl (C=O) groups excluding carboxylic acids is 1. The second-order valence-electron chi connectivity index (χ2n) is 7.25. The van der Waals surface area contributed by atoms with Crippen molar-refractivity contribution in [3.05, 3.63) is 5.21 Å². The lowest BCUT2D eigenvalue weighted by molar-refractivity contribution is -0.925. The summed E-state index contributed by atoms with van der Waals surface area (Å²) in [4.78, 5) is 14.2. The quantitative estimate of drug-likeness (QED) is 0.528. The Morgan fingerprint density at radius 1 is 1.15 bits per heavy atom. The summed E-state index contributed by atoms with van der Waals surface area (Å²) in [6.07, 6.45) is 4.81. The fourth-order valence-electron chi connectivity index (χ4n) is 5.56. The highest BCUT2D eigenvalue weighted by Gasteiger charge is 2.56. The lowest BCUT2D eigenvalue weighted by atomic mass is 9.67. The van der Waals surface area contributed by atoms with Crippen molar-refractivity contribution < 1.29 is 14.5 Å². The maximum Gasteiger partial charge on any atom is 0.251 e. The summed E-state index contributed by atoms with van der Waals surface area (Å²) in [5.74, 6) is 0.647. The van der Waals surface area contributed by atoms with Crippen molar-refractivity contribution in [3.63, 3.8) is 0 Å². The van der Waals surface area contributed by atoms with E-state index in [1.54, 1.807) is 0 Å². The van der Waals surface area contributed by atoms with Crippen molar-refractivity contribution in [2.45, 2.75) is 56.7 Å². The molecule has 4 aliphatic heterocycles. The van der Waals surface area contributed by atoms with Gasteiger partial charge in [0.15, 0.2) is 0 Å². The van der Waals surface area contributed by atoms with E-state index < -0.39 is 6.10 Å². The van der Waals surface area contributed by atoms with Gasteiger partial charge in [0.25, 0.3) is 5.91 Å². The molecule has 0 aromatic rings. The number of hydrogen-bond acceptors (Lipinski definition) is 3. The molecule has 4 rings (SSSR count). The number of amides is 1. The van der Waals surface area contributed by atoms with Crippen molar-refractivity contribution in [2.24, 2.45) is 11.8 Å². The molecule has 4 heterocycles. The molecule has 4 fully saturated rings. The third-order valence-corrected chi connectivity index (χ3v) is 6.28. The van der Waals surface area contributed by atoms with Crippen LogP contribution >= 0.6 is 0 Å².